The van der Waals surface area contributed by atoms with Gasteiger partial charge in [0.05, 0.1) is 46.3 Å². The summed E-state index contributed by atoms with van der Waals surface area (Å²) in [6.07, 6.45) is 25.9. The van der Waals surface area contributed by atoms with E-state index in [2.05, 4.69) is 78.9 Å². The molecular weight excluding hydrogens is 600 g/mol. The standard InChI is InChI=1S/C25H54N.C13H22N.BrH.ClH/c1-5-8-11-14-17-20-23-26(4,24-21-18-15-12-9-6-2)25-22-19-16-13-10-7-3;1-4-14(5-2,6-3)12-13-10-8-7-9-11-13;;/h5-25H2,1-4H3;7-11H,4-6,12H2,1-3H3;2*1H/q2*+1;;/p-2. The quantitative estimate of drug-likeness (QED) is 0.0889. The Morgan fingerprint density at radius 3 is 1.07 bits per heavy atom. The van der Waals surface area contributed by atoms with Gasteiger partial charge in [0.1, 0.15) is 6.54 Å². The van der Waals surface area contributed by atoms with Gasteiger partial charge in [-0.25, -0.2) is 0 Å². The average Bonchev–Trinajstić information content (AvgIpc) is 2.98. The van der Waals surface area contributed by atoms with Gasteiger partial charge >= 0.3 is 0 Å². The van der Waals surface area contributed by atoms with E-state index in [0.29, 0.717) is 0 Å². The van der Waals surface area contributed by atoms with Crippen molar-refractivity contribution in [3.05, 3.63) is 35.9 Å². The van der Waals surface area contributed by atoms with Gasteiger partial charge < -0.3 is 38.4 Å². The molecule has 0 bridgehead atoms. The van der Waals surface area contributed by atoms with E-state index in [1.165, 1.54) is 176 Å². The van der Waals surface area contributed by atoms with Crippen LogP contribution < -0.4 is 29.4 Å². The van der Waals surface area contributed by atoms with Crippen molar-refractivity contribution in [3.8, 4) is 0 Å². The summed E-state index contributed by atoms with van der Waals surface area (Å²) in [6.45, 7) is 22.9. The Labute approximate surface area is 283 Å². The average molecular weight is 676 g/mol. The largest absolute Gasteiger partial charge is 1.00 e. The van der Waals surface area contributed by atoms with Crippen molar-refractivity contribution in [1.82, 2.24) is 0 Å². The molecule has 0 radical (unpaired) electrons. The van der Waals surface area contributed by atoms with E-state index in [9.17, 15) is 0 Å². The summed E-state index contributed by atoms with van der Waals surface area (Å²) >= 11 is 0. The fraction of sp³-hybridized carbons (Fsp3) is 0.842. The molecule has 0 spiro atoms. The molecular formula is C38H76BrClN2. The maximum Gasteiger partial charge on any atom is 0.104 e. The van der Waals surface area contributed by atoms with Crippen LogP contribution in [0.4, 0.5) is 0 Å². The molecule has 0 heterocycles. The van der Waals surface area contributed by atoms with Gasteiger partial charge in [-0.05, 0) is 59.3 Å². The van der Waals surface area contributed by atoms with Gasteiger partial charge in [0.2, 0.25) is 0 Å². The lowest BCUT2D eigenvalue weighted by molar-refractivity contribution is -0.936. The third-order valence-electron chi connectivity index (χ3n) is 9.53. The van der Waals surface area contributed by atoms with Gasteiger partial charge in [-0.15, -0.1) is 0 Å². The number of rotatable bonds is 26. The second-order valence-electron chi connectivity index (χ2n) is 13.0. The maximum atomic E-state index is 2.56. The van der Waals surface area contributed by atoms with Crippen LogP contribution in [-0.4, -0.2) is 55.3 Å². The summed E-state index contributed by atoms with van der Waals surface area (Å²) in [5, 5.41) is 0. The van der Waals surface area contributed by atoms with Gasteiger partial charge in [-0.1, -0.05) is 128 Å². The third-order valence-corrected chi connectivity index (χ3v) is 9.53. The van der Waals surface area contributed by atoms with E-state index in [4.69, 9.17) is 0 Å². The zero-order valence-electron chi connectivity index (χ0n) is 29.7. The molecule has 0 amide bonds. The third kappa shape index (κ3) is 25.3. The van der Waals surface area contributed by atoms with E-state index in [-0.39, 0.29) is 29.4 Å². The lowest BCUT2D eigenvalue weighted by atomic mass is 10.1. The molecule has 0 saturated carbocycles. The normalized spacial score (nSPS) is 11.3. The van der Waals surface area contributed by atoms with Gasteiger partial charge in [0.25, 0.3) is 0 Å². The highest BCUT2D eigenvalue weighted by molar-refractivity contribution is 5.13. The molecule has 1 aromatic rings. The number of quaternary nitrogens is 2. The molecule has 4 heteroatoms. The Morgan fingerprint density at radius 1 is 0.452 bits per heavy atom. The molecule has 2 nitrogen and oxygen atoms in total. The van der Waals surface area contributed by atoms with Crippen LogP contribution in [-0.2, 0) is 6.54 Å². The van der Waals surface area contributed by atoms with Crippen molar-refractivity contribution >= 4 is 0 Å². The second kappa shape index (κ2) is 32.3. The first kappa shape index (κ1) is 46.3. The molecule has 0 saturated heterocycles. The molecule has 0 aromatic heterocycles. The molecule has 0 N–H and O–H groups in total. The Bertz CT molecular complexity index is 586. The lowest BCUT2D eigenvalue weighted by Gasteiger charge is -2.35. The van der Waals surface area contributed by atoms with Crippen molar-refractivity contribution in [2.45, 2.75) is 164 Å². The van der Waals surface area contributed by atoms with E-state index in [1.54, 1.807) is 0 Å². The molecule has 0 unspecified atom stereocenters. The molecule has 1 aromatic carbocycles. The number of benzene rings is 1. The predicted molar refractivity (Wildman–Crippen MR) is 183 cm³/mol. The van der Waals surface area contributed by atoms with Crippen molar-refractivity contribution in [3.63, 3.8) is 0 Å². The van der Waals surface area contributed by atoms with Crippen LogP contribution in [0.1, 0.15) is 163 Å². The summed E-state index contributed by atoms with van der Waals surface area (Å²) in [7, 11) is 2.56. The zero-order chi connectivity index (χ0) is 29.8. The van der Waals surface area contributed by atoms with E-state index in [1.807, 2.05) is 0 Å². The van der Waals surface area contributed by atoms with Gasteiger partial charge in [-0.2, -0.15) is 0 Å². The Hall–Kier alpha value is -0.0900. The molecule has 252 valence electrons. The van der Waals surface area contributed by atoms with E-state index < -0.39 is 0 Å². The number of halogens is 2. The smallest absolute Gasteiger partial charge is 0.104 e. The summed E-state index contributed by atoms with van der Waals surface area (Å²) in [5.74, 6) is 0. The molecule has 42 heavy (non-hydrogen) atoms. The van der Waals surface area contributed by atoms with E-state index in [0.717, 1.165) is 0 Å². The molecule has 0 aliphatic heterocycles. The van der Waals surface area contributed by atoms with Crippen LogP contribution in [0.25, 0.3) is 0 Å². The van der Waals surface area contributed by atoms with Crippen LogP contribution in [0.2, 0.25) is 0 Å². The fourth-order valence-corrected chi connectivity index (χ4v) is 6.13. The van der Waals surface area contributed by atoms with Gasteiger partial charge in [0, 0.05) is 5.56 Å². The minimum absolute atomic E-state index is 0. The van der Waals surface area contributed by atoms with Crippen LogP contribution in [0.3, 0.4) is 0 Å². The molecule has 0 aliphatic rings. The number of hydrogen-bond donors (Lipinski definition) is 0. The summed E-state index contributed by atoms with van der Waals surface area (Å²) in [6, 6.07) is 10.8. The Kier molecular flexibility index (Phi) is 35.6. The fourth-order valence-electron chi connectivity index (χ4n) is 6.13. The van der Waals surface area contributed by atoms with Crippen molar-refractivity contribution in [1.29, 1.82) is 0 Å². The number of hydrogen-bond acceptors (Lipinski definition) is 0. The summed E-state index contributed by atoms with van der Waals surface area (Å²) in [4.78, 5) is 0. The molecule has 1 rings (SSSR count). The zero-order valence-corrected chi connectivity index (χ0v) is 32.1. The Morgan fingerprint density at radius 2 is 0.762 bits per heavy atom. The topological polar surface area (TPSA) is 0 Å². The predicted octanol–water partition coefficient (Wildman–Crippen LogP) is 5.59. The van der Waals surface area contributed by atoms with Crippen molar-refractivity contribution in [2.75, 3.05) is 46.3 Å². The van der Waals surface area contributed by atoms with Gasteiger partial charge in [0.15, 0.2) is 0 Å². The van der Waals surface area contributed by atoms with Crippen LogP contribution in [0.15, 0.2) is 30.3 Å². The van der Waals surface area contributed by atoms with Crippen LogP contribution in [0, 0.1) is 0 Å². The number of nitrogens with zero attached hydrogens (tertiary/aromatic N) is 2. The SMILES string of the molecule is CCCCCCCC[N+](C)(CCCCCCCC)CCCCCCCC.CC[N+](CC)(CC)Cc1ccccc1.[Br-].[Cl-]. The summed E-state index contributed by atoms with van der Waals surface area (Å²) in [5.41, 5.74) is 1.46. The van der Waals surface area contributed by atoms with Crippen LogP contribution in [0.5, 0.6) is 0 Å². The highest BCUT2D eigenvalue weighted by Crippen LogP contribution is 2.16. The highest BCUT2D eigenvalue weighted by Gasteiger charge is 2.21. The minimum atomic E-state index is 0. The first-order valence-corrected chi connectivity index (χ1v) is 18.2. The maximum absolute atomic E-state index is 2.56. The van der Waals surface area contributed by atoms with Crippen molar-refractivity contribution < 1.29 is 38.4 Å². The molecule has 0 atom stereocenters. The monoisotopic (exact) mass is 674 g/mol. The molecule has 0 fully saturated rings. The molecule has 0 aliphatic carbocycles. The van der Waals surface area contributed by atoms with Gasteiger partial charge in [-0.3, -0.25) is 0 Å². The van der Waals surface area contributed by atoms with E-state index >= 15 is 0 Å². The first-order valence-electron chi connectivity index (χ1n) is 18.2. The Balaban J connectivity index is -0.000000804. The second-order valence-corrected chi connectivity index (χ2v) is 13.0. The minimum Gasteiger partial charge on any atom is -1.00 e. The number of unbranched alkanes of at least 4 members (excludes halogenated alkanes) is 15. The van der Waals surface area contributed by atoms with Crippen LogP contribution >= 0.6 is 0 Å². The summed E-state index contributed by atoms with van der Waals surface area (Å²) < 4.78 is 2.55. The first-order chi connectivity index (χ1) is 19.4. The van der Waals surface area contributed by atoms with Crippen molar-refractivity contribution in [2.24, 2.45) is 0 Å². The lowest BCUT2D eigenvalue weighted by Crippen LogP contribution is -3.00. The highest BCUT2D eigenvalue weighted by atomic mass is 79.9.